The van der Waals surface area contributed by atoms with Crippen molar-refractivity contribution in [3.8, 4) is 11.5 Å². The van der Waals surface area contributed by atoms with Crippen LogP contribution >= 0.6 is 0 Å². The Morgan fingerprint density at radius 3 is 2.67 bits per heavy atom. The van der Waals surface area contributed by atoms with Crippen molar-refractivity contribution in [3.63, 3.8) is 0 Å². The van der Waals surface area contributed by atoms with E-state index in [1.165, 1.54) is 5.56 Å². The van der Waals surface area contributed by atoms with Crippen molar-refractivity contribution in [1.29, 1.82) is 0 Å². The predicted octanol–water partition coefficient (Wildman–Crippen LogP) is 2.93. The van der Waals surface area contributed by atoms with E-state index in [2.05, 4.69) is 26.1 Å². The molecule has 1 aliphatic rings. The molecule has 3 heteroatoms. The first-order valence-electron chi connectivity index (χ1n) is 5.37. The van der Waals surface area contributed by atoms with Crippen molar-refractivity contribution < 1.29 is 9.47 Å². The SMILES string of the molecule is CCC(C)Nc1cc2c(cc1C)OCO2. The topological polar surface area (TPSA) is 30.5 Å². The summed E-state index contributed by atoms with van der Waals surface area (Å²) in [6.45, 7) is 6.75. The number of nitrogens with one attached hydrogen (secondary N) is 1. The van der Waals surface area contributed by atoms with E-state index in [0.717, 1.165) is 23.6 Å². The van der Waals surface area contributed by atoms with Crippen LogP contribution < -0.4 is 14.8 Å². The van der Waals surface area contributed by atoms with E-state index in [0.29, 0.717) is 12.8 Å². The zero-order chi connectivity index (χ0) is 10.8. The molecule has 0 saturated heterocycles. The Hall–Kier alpha value is -1.38. The molecule has 0 amide bonds. The van der Waals surface area contributed by atoms with Gasteiger partial charge in [-0.15, -0.1) is 0 Å². The molecule has 1 heterocycles. The standard InChI is InChI=1S/C12H17NO2/c1-4-9(3)13-10-6-12-11(5-8(10)2)14-7-15-12/h5-6,9,13H,4,7H2,1-3H3. The molecule has 15 heavy (non-hydrogen) atoms. The van der Waals surface area contributed by atoms with Crippen LogP contribution in [0.2, 0.25) is 0 Å². The van der Waals surface area contributed by atoms with Crippen molar-refractivity contribution in [2.45, 2.75) is 33.2 Å². The molecule has 1 atom stereocenters. The van der Waals surface area contributed by atoms with E-state index >= 15 is 0 Å². The fraction of sp³-hybridized carbons (Fsp3) is 0.500. The molecule has 82 valence electrons. The number of fused-ring (bicyclic) bond motifs is 1. The Bertz CT molecular complexity index is 363. The molecule has 1 N–H and O–H groups in total. The number of rotatable bonds is 3. The van der Waals surface area contributed by atoms with Crippen molar-refractivity contribution in [1.82, 2.24) is 0 Å². The van der Waals surface area contributed by atoms with Crippen LogP contribution in [0.4, 0.5) is 5.69 Å². The summed E-state index contributed by atoms with van der Waals surface area (Å²) in [7, 11) is 0. The fourth-order valence-electron chi connectivity index (χ4n) is 1.57. The van der Waals surface area contributed by atoms with Gasteiger partial charge in [-0.05, 0) is 31.9 Å². The molecule has 0 radical (unpaired) electrons. The Morgan fingerprint density at radius 2 is 2.00 bits per heavy atom. The van der Waals surface area contributed by atoms with Gasteiger partial charge in [0.25, 0.3) is 0 Å². The lowest BCUT2D eigenvalue weighted by atomic mass is 10.1. The van der Waals surface area contributed by atoms with Crippen LogP contribution in [0.1, 0.15) is 25.8 Å². The third-order valence-corrected chi connectivity index (χ3v) is 2.73. The Balaban J connectivity index is 2.24. The highest BCUT2D eigenvalue weighted by atomic mass is 16.7. The normalized spacial score (nSPS) is 15.1. The maximum Gasteiger partial charge on any atom is 0.231 e. The second-order valence-electron chi connectivity index (χ2n) is 3.97. The molecule has 1 aromatic carbocycles. The summed E-state index contributed by atoms with van der Waals surface area (Å²) in [4.78, 5) is 0. The van der Waals surface area contributed by atoms with Crippen LogP contribution in [0.3, 0.4) is 0 Å². The minimum absolute atomic E-state index is 0.335. The van der Waals surface area contributed by atoms with E-state index in [1.54, 1.807) is 0 Å². The van der Waals surface area contributed by atoms with Gasteiger partial charge >= 0.3 is 0 Å². The van der Waals surface area contributed by atoms with Gasteiger partial charge in [-0.25, -0.2) is 0 Å². The highest BCUT2D eigenvalue weighted by Crippen LogP contribution is 2.36. The molecule has 0 spiro atoms. The zero-order valence-corrected chi connectivity index (χ0v) is 9.46. The van der Waals surface area contributed by atoms with E-state index in [9.17, 15) is 0 Å². The van der Waals surface area contributed by atoms with Gasteiger partial charge in [0, 0.05) is 17.8 Å². The van der Waals surface area contributed by atoms with E-state index in [4.69, 9.17) is 9.47 Å². The number of anilines is 1. The number of benzene rings is 1. The van der Waals surface area contributed by atoms with Gasteiger partial charge in [-0.2, -0.15) is 0 Å². The summed E-state index contributed by atoms with van der Waals surface area (Å²) in [6.07, 6.45) is 1.11. The Morgan fingerprint density at radius 1 is 1.33 bits per heavy atom. The van der Waals surface area contributed by atoms with E-state index in [-0.39, 0.29) is 0 Å². The molecule has 1 aliphatic heterocycles. The van der Waals surface area contributed by atoms with Gasteiger partial charge in [-0.1, -0.05) is 6.92 Å². The Labute approximate surface area is 90.4 Å². The minimum atomic E-state index is 0.335. The van der Waals surface area contributed by atoms with Gasteiger partial charge in [0.15, 0.2) is 11.5 Å². The molecule has 0 fully saturated rings. The predicted molar refractivity (Wildman–Crippen MR) is 60.7 cm³/mol. The second kappa shape index (κ2) is 4.01. The molecule has 2 rings (SSSR count). The number of hydrogen-bond acceptors (Lipinski definition) is 3. The van der Waals surface area contributed by atoms with E-state index < -0.39 is 0 Å². The highest BCUT2D eigenvalue weighted by Gasteiger charge is 2.15. The number of ether oxygens (including phenoxy) is 2. The Kier molecular flexibility index (Phi) is 2.71. The average Bonchev–Trinajstić information content (AvgIpc) is 2.65. The monoisotopic (exact) mass is 207 g/mol. The van der Waals surface area contributed by atoms with Gasteiger partial charge < -0.3 is 14.8 Å². The van der Waals surface area contributed by atoms with Gasteiger partial charge in [0.2, 0.25) is 6.79 Å². The summed E-state index contributed by atoms with van der Waals surface area (Å²) < 4.78 is 10.7. The average molecular weight is 207 g/mol. The number of hydrogen-bond donors (Lipinski definition) is 1. The van der Waals surface area contributed by atoms with Crippen LogP contribution in [0.5, 0.6) is 11.5 Å². The lowest BCUT2D eigenvalue weighted by Crippen LogP contribution is -2.14. The first-order chi connectivity index (χ1) is 7.20. The van der Waals surface area contributed by atoms with Crippen LogP contribution in [0.15, 0.2) is 12.1 Å². The van der Waals surface area contributed by atoms with Crippen molar-refractivity contribution in [3.05, 3.63) is 17.7 Å². The first-order valence-corrected chi connectivity index (χ1v) is 5.37. The third kappa shape index (κ3) is 2.01. The molecule has 1 aromatic rings. The van der Waals surface area contributed by atoms with Crippen molar-refractivity contribution >= 4 is 5.69 Å². The quantitative estimate of drug-likeness (QED) is 0.826. The van der Waals surface area contributed by atoms with Gasteiger partial charge in [0.1, 0.15) is 0 Å². The van der Waals surface area contributed by atoms with Crippen molar-refractivity contribution in [2.75, 3.05) is 12.1 Å². The molecule has 0 aliphatic carbocycles. The first kappa shape index (κ1) is 10.1. The van der Waals surface area contributed by atoms with Gasteiger partial charge in [-0.3, -0.25) is 0 Å². The fourth-order valence-corrected chi connectivity index (χ4v) is 1.57. The lowest BCUT2D eigenvalue weighted by molar-refractivity contribution is 0.174. The molecule has 0 saturated carbocycles. The molecule has 1 unspecified atom stereocenters. The summed E-state index contributed by atoms with van der Waals surface area (Å²) in [5.74, 6) is 1.69. The summed E-state index contributed by atoms with van der Waals surface area (Å²) in [5.41, 5.74) is 2.33. The summed E-state index contributed by atoms with van der Waals surface area (Å²) >= 11 is 0. The number of aryl methyl sites for hydroxylation is 1. The maximum absolute atomic E-state index is 5.35. The largest absolute Gasteiger partial charge is 0.454 e. The molecule has 0 aromatic heterocycles. The summed E-state index contributed by atoms with van der Waals surface area (Å²) in [6, 6.07) is 4.51. The molecule has 3 nitrogen and oxygen atoms in total. The summed E-state index contributed by atoms with van der Waals surface area (Å²) in [5, 5.41) is 3.45. The maximum atomic E-state index is 5.35. The second-order valence-corrected chi connectivity index (χ2v) is 3.97. The lowest BCUT2D eigenvalue weighted by Gasteiger charge is -2.15. The van der Waals surface area contributed by atoms with Crippen LogP contribution in [-0.4, -0.2) is 12.8 Å². The smallest absolute Gasteiger partial charge is 0.231 e. The van der Waals surface area contributed by atoms with Crippen LogP contribution in [0, 0.1) is 6.92 Å². The van der Waals surface area contributed by atoms with Gasteiger partial charge in [0.05, 0.1) is 0 Å². The third-order valence-electron chi connectivity index (χ3n) is 2.73. The molecule has 0 bridgehead atoms. The molecular formula is C12H17NO2. The van der Waals surface area contributed by atoms with Crippen LogP contribution in [0.25, 0.3) is 0 Å². The molecular weight excluding hydrogens is 190 g/mol. The van der Waals surface area contributed by atoms with E-state index in [1.807, 2.05) is 12.1 Å². The minimum Gasteiger partial charge on any atom is -0.454 e. The zero-order valence-electron chi connectivity index (χ0n) is 9.46. The van der Waals surface area contributed by atoms with Crippen LogP contribution in [-0.2, 0) is 0 Å². The highest BCUT2D eigenvalue weighted by molar-refractivity contribution is 5.61. The van der Waals surface area contributed by atoms with Crippen molar-refractivity contribution in [2.24, 2.45) is 0 Å².